The summed E-state index contributed by atoms with van der Waals surface area (Å²) >= 11 is 4.53. The Morgan fingerprint density at radius 3 is 2.89 bits per heavy atom. The summed E-state index contributed by atoms with van der Waals surface area (Å²) in [7, 11) is -3.85. The minimum absolute atomic E-state index is 0.0290. The molecule has 0 spiro atoms. The first-order valence-electron chi connectivity index (χ1n) is 7.67. The minimum Gasteiger partial charge on any atom is -0.488 e. The van der Waals surface area contributed by atoms with Crippen LogP contribution in [0, 0.1) is 6.92 Å². The van der Waals surface area contributed by atoms with Gasteiger partial charge in [0.25, 0.3) is 15.9 Å². The molecule has 2 aromatic heterocycles. The number of thiophene rings is 1. The maximum Gasteiger partial charge on any atom is 0.265 e. The predicted molar refractivity (Wildman–Crippen MR) is 101 cm³/mol. The monoisotopic (exact) mass is 472 g/mol. The third kappa shape index (κ3) is 3.62. The summed E-state index contributed by atoms with van der Waals surface area (Å²) < 4.78 is 49.5. The molecule has 27 heavy (non-hydrogen) atoms. The van der Waals surface area contributed by atoms with Gasteiger partial charge in [0, 0.05) is 6.07 Å². The number of nitrogens with zero attached hydrogens (tertiary/aromatic N) is 1. The lowest BCUT2D eigenvalue weighted by atomic mass is 10.3. The molecule has 1 aliphatic heterocycles. The number of benzene rings is 1. The standard InChI is InChI=1S/C16H13BrN2O6S2/c1-9-15(17)16(25-18-9)19-27(20,21)14-4-5-26-13(14)7-22-10-2-3-11-12(6-10)24-8-23-11/h2-6,19H,7-8H2,1H3. The molecule has 0 saturated carbocycles. The summed E-state index contributed by atoms with van der Waals surface area (Å²) in [6, 6.07) is 6.70. The summed E-state index contributed by atoms with van der Waals surface area (Å²) in [6.45, 7) is 1.96. The Kier molecular flexibility index (Phi) is 4.74. The molecule has 0 bridgehead atoms. The van der Waals surface area contributed by atoms with Crippen molar-refractivity contribution in [2.75, 3.05) is 11.5 Å². The molecule has 0 atom stereocenters. The van der Waals surface area contributed by atoms with Crippen LogP contribution in [0.2, 0.25) is 0 Å². The quantitative estimate of drug-likeness (QED) is 0.580. The first kappa shape index (κ1) is 18.1. The van der Waals surface area contributed by atoms with E-state index in [1.807, 2.05) is 0 Å². The smallest absolute Gasteiger partial charge is 0.265 e. The third-order valence-corrected chi connectivity index (χ3v) is 7.10. The summed E-state index contributed by atoms with van der Waals surface area (Å²) in [5, 5.41) is 5.40. The van der Waals surface area contributed by atoms with Crippen molar-refractivity contribution in [3.63, 3.8) is 0 Å². The van der Waals surface area contributed by atoms with Crippen molar-refractivity contribution in [3.05, 3.63) is 44.7 Å². The fourth-order valence-electron chi connectivity index (χ4n) is 2.39. The molecule has 142 valence electrons. The number of aromatic nitrogens is 1. The SMILES string of the molecule is Cc1noc(NS(=O)(=O)c2ccsc2COc2ccc3c(c2)OCO3)c1Br. The van der Waals surface area contributed by atoms with Gasteiger partial charge in [0.1, 0.15) is 21.7 Å². The van der Waals surface area contributed by atoms with Gasteiger partial charge >= 0.3 is 0 Å². The van der Waals surface area contributed by atoms with E-state index in [0.29, 0.717) is 32.3 Å². The maximum absolute atomic E-state index is 12.7. The van der Waals surface area contributed by atoms with Crippen molar-refractivity contribution in [2.24, 2.45) is 0 Å². The summed E-state index contributed by atoms with van der Waals surface area (Å²) in [6.07, 6.45) is 0. The zero-order valence-corrected chi connectivity index (χ0v) is 17.1. The first-order valence-corrected chi connectivity index (χ1v) is 10.8. The highest BCUT2D eigenvalue weighted by atomic mass is 79.9. The Morgan fingerprint density at radius 1 is 1.30 bits per heavy atom. The fourth-order valence-corrected chi connectivity index (χ4v) is 5.10. The van der Waals surface area contributed by atoms with Gasteiger partial charge in [-0.3, -0.25) is 0 Å². The highest BCUT2D eigenvalue weighted by molar-refractivity contribution is 9.10. The number of rotatable bonds is 6. The normalized spacial score (nSPS) is 13.0. The molecular weight excluding hydrogens is 460 g/mol. The van der Waals surface area contributed by atoms with E-state index in [4.69, 9.17) is 18.7 Å². The molecule has 0 radical (unpaired) electrons. The Morgan fingerprint density at radius 2 is 2.11 bits per heavy atom. The number of aryl methyl sites for hydroxylation is 1. The summed E-state index contributed by atoms with van der Waals surface area (Å²) in [5.74, 6) is 1.83. The first-order chi connectivity index (χ1) is 12.9. The number of fused-ring (bicyclic) bond motifs is 1. The number of anilines is 1. The van der Waals surface area contributed by atoms with E-state index in [9.17, 15) is 8.42 Å². The van der Waals surface area contributed by atoms with Crippen LogP contribution in [0.5, 0.6) is 17.2 Å². The largest absolute Gasteiger partial charge is 0.488 e. The zero-order chi connectivity index (χ0) is 19.0. The van der Waals surface area contributed by atoms with E-state index in [1.165, 1.54) is 17.4 Å². The second-order valence-corrected chi connectivity index (χ2v) is 8.97. The van der Waals surface area contributed by atoms with E-state index in [2.05, 4.69) is 25.8 Å². The van der Waals surface area contributed by atoms with Crippen LogP contribution in [0.3, 0.4) is 0 Å². The number of hydrogen-bond acceptors (Lipinski definition) is 8. The average molecular weight is 473 g/mol. The van der Waals surface area contributed by atoms with Crippen molar-refractivity contribution in [2.45, 2.75) is 18.4 Å². The zero-order valence-electron chi connectivity index (χ0n) is 13.9. The molecule has 1 N–H and O–H groups in total. The molecule has 3 aromatic rings. The lowest BCUT2D eigenvalue weighted by molar-refractivity contribution is 0.173. The molecule has 0 fully saturated rings. The van der Waals surface area contributed by atoms with Gasteiger partial charge in [-0.15, -0.1) is 11.3 Å². The lowest BCUT2D eigenvalue weighted by Crippen LogP contribution is -2.14. The summed E-state index contributed by atoms with van der Waals surface area (Å²) in [5.41, 5.74) is 0.546. The van der Waals surface area contributed by atoms with Gasteiger partial charge < -0.3 is 18.7 Å². The fraction of sp³-hybridized carbons (Fsp3) is 0.188. The molecule has 1 aromatic carbocycles. The molecule has 0 saturated heterocycles. The molecular formula is C16H13BrN2O6S2. The molecule has 0 unspecified atom stereocenters. The molecule has 3 heterocycles. The van der Waals surface area contributed by atoms with Gasteiger partial charge in [-0.25, -0.2) is 13.1 Å². The second-order valence-electron chi connectivity index (χ2n) is 5.53. The minimum atomic E-state index is -3.85. The Balaban J connectivity index is 1.51. The molecule has 8 nitrogen and oxygen atoms in total. The van der Waals surface area contributed by atoms with Crippen LogP contribution in [-0.4, -0.2) is 20.4 Å². The topological polar surface area (TPSA) is 99.9 Å². The number of sulfonamides is 1. The number of hydrogen-bond donors (Lipinski definition) is 1. The van der Waals surface area contributed by atoms with Crippen LogP contribution in [0.4, 0.5) is 5.88 Å². The van der Waals surface area contributed by atoms with Crippen LogP contribution in [0.25, 0.3) is 0 Å². The molecule has 0 aliphatic carbocycles. The van der Waals surface area contributed by atoms with Crippen LogP contribution in [0.1, 0.15) is 10.6 Å². The van der Waals surface area contributed by atoms with Crippen LogP contribution < -0.4 is 18.9 Å². The molecule has 11 heteroatoms. The highest BCUT2D eigenvalue weighted by Crippen LogP contribution is 2.36. The van der Waals surface area contributed by atoms with Gasteiger partial charge in [0.05, 0.1) is 10.6 Å². The van der Waals surface area contributed by atoms with Gasteiger partial charge in [-0.05, 0) is 46.4 Å². The number of ether oxygens (including phenoxy) is 3. The lowest BCUT2D eigenvalue weighted by Gasteiger charge is -2.09. The third-order valence-electron chi connectivity index (χ3n) is 3.73. The van der Waals surface area contributed by atoms with Gasteiger partial charge in [-0.2, -0.15) is 0 Å². The van der Waals surface area contributed by atoms with Crippen molar-refractivity contribution in [1.82, 2.24) is 5.16 Å². The number of halogens is 1. The number of nitrogens with one attached hydrogen (secondary N) is 1. The average Bonchev–Trinajstić information content (AvgIpc) is 3.36. The van der Waals surface area contributed by atoms with Crippen molar-refractivity contribution >= 4 is 43.2 Å². The van der Waals surface area contributed by atoms with E-state index < -0.39 is 10.0 Å². The van der Waals surface area contributed by atoms with Crippen LogP contribution in [-0.2, 0) is 16.6 Å². The predicted octanol–water partition coefficient (Wildman–Crippen LogP) is 3.92. The molecule has 1 aliphatic rings. The second kappa shape index (κ2) is 7.06. The van der Waals surface area contributed by atoms with Crippen molar-refractivity contribution in [1.29, 1.82) is 0 Å². The highest BCUT2D eigenvalue weighted by Gasteiger charge is 2.24. The Labute approximate surface area is 167 Å². The van der Waals surface area contributed by atoms with Crippen molar-refractivity contribution < 1.29 is 27.2 Å². The van der Waals surface area contributed by atoms with E-state index in [1.54, 1.807) is 30.5 Å². The Hall–Kier alpha value is -2.24. The molecule has 0 amide bonds. The Bertz CT molecular complexity index is 1090. The van der Waals surface area contributed by atoms with E-state index in [-0.39, 0.29) is 24.2 Å². The maximum atomic E-state index is 12.7. The summed E-state index contributed by atoms with van der Waals surface area (Å²) in [4.78, 5) is 0.668. The van der Waals surface area contributed by atoms with E-state index >= 15 is 0 Å². The van der Waals surface area contributed by atoms with Crippen LogP contribution in [0.15, 0.2) is 43.5 Å². The van der Waals surface area contributed by atoms with Gasteiger partial charge in [0.2, 0.25) is 6.79 Å². The van der Waals surface area contributed by atoms with Crippen LogP contribution >= 0.6 is 27.3 Å². The molecule has 4 rings (SSSR count). The van der Waals surface area contributed by atoms with E-state index in [0.717, 1.165) is 0 Å². The van der Waals surface area contributed by atoms with Gasteiger partial charge in [-0.1, -0.05) is 5.16 Å². The van der Waals surface area contributed by atoms with Crippen molar-refractivity contribution in [3.8, 4) is 17.2 Å². The van der Waals surface area contributed by atoms with Gasteiger partial charge in [0.15, 0.2) is 11.5 Å².